The van der Waals surface area contributed by atoms with E-state index < -0.39 is 11.6 Å². The zero-order valence-electron chi connectivity index (χ0n) is 9.50. The van der Waals surface area contributed by atoms with Gasteiger partial charge in [-0.25, -0.2) is 14.6 Å². The standard InChI is InChI=1S/C10H15F2N3O2/c1-2-3-16-4-5-17-10-8(12)6-7(11)9(14-10)15-13/h6H,2-5,13H2,1H3,(H,14,15). The molecule has 0 fully saturated rings. The van der Waals surface area contributed by atoms with Crippen molar-refractivity contribution in [3.8, 4) is 5.88 Å². The van der Waals surface area contributed by atoms with Crippen molar-refractivity contribution in [2.24, 2.45) is 5.84 Å². The molecule has 0 radical (unpaired) electrons. The first-order valence-electron chi connectivity index (χ1n) is 5.22. The number of pyridine rings is 1. The fourth-order valence-corrected chi connectivity index (χ4v) is 1.10. The number of hydrogen-bond donors (Lipinski definition) is 2. The first-order chi connectivity index (χ1) is 8.19. The molecule has 0 aliphatic carbocycles. The number of halogens is 2. The molecular formula is C10H15F2N3O2. The molecule has 0 aliphatic rings. The lowest BCUT2D eigenvalue weighted by molar-refractivity contribution is 0.0973. The first kappa shape index (κ1) is 13.6. The van der Waals surface area contributed by atoms with Crippen molar-refractivity contribution in [2.75, 3.05) is 25.2 Å². The van der Waals surface area contributed by atoms with Gasteiger partial charge in [0.2, 0.25) is 0 Å². The molecule has 1 heterocycles. The lowest BCUT2D eigenvalue weighted by atomic mass is 10.4. The molecule has 0 bridgehead atoms. The molecule has 1 aromatic rings. The van der Waals surface area contributed by atoms with Crippen LogP contribution in [0.25, 0.3) is 0 Å². The molecular weight excluding hydrogens is 232 g/mol. The number of nitrogens with one attached hydrogen (secondary N) is 1. The van der Waals surface area contributed by atoms with E-state index in [1.165, 1.54) is 0 Å². The smallest absolute Gasteiger partial charge is 0.252 e. The van der Waals surface area contributed by atoms with Gasteiger partial charge in [0.05, 0.1) is 6.61 Å². The Kier molecular flexibility index (Phi) is 5.58. The summed E-state index contributed by atoms with van der Waals surface area (Å²) in [6, 6.07) is 0.657. The van der Waals surface area contributed by atoms with E-state index in [-0.39, 0.29) is 18.3 Å². The molecule has 96 valence electrons. The van der Waals surface area contributed by atoms with Gasteiger partial charge in [-0.3, -0.25) is 0 Å². The van der Waals surface area contributed by atoms with Gasteiger partial charge in [0, 0.05) is 12.7 Å². The first-order valence-corrected chi connectivity index (χ1v) is 5.22. The van der Waals surface area contributed by atoms with Gasteiger partial charge in [0.25, 0.3) is 5.88 Å². The van der Waals surface area contributed by atoms with Crippen molar-refractivity contribution in [1.82, 2.24) is 4.98 Å². The monoisotopic (exact) mass is 247 g/mol. The predicted molar refractivity (Wildman–Crippen MR) is 58.6 cm³/mol. The van der Waals surface area contributed by atoms with Crippen molar-refractivity contribution in [2.45, 2.75) is 13.3 Å². The maximum Gasteiger partial charge on any atom is 0.252 e. The quantitative estimate of drug-likeness (QED) is 0.433. The highest BCUT2D eigenvalue weighted by molar-refractivity contribution is 5.38. The molecule has 7 heteroatoms. The second-order valence-corrected chi connectivity index (χ2v) is 3.21. The molecule has 0 atom stereocenters. The minimum Gasteiger partial charge on any atom is -0.473 e. The van der Waals surface area contributed by atoms with Crippen molar-refractivity contribution in [1.29, 1.82) is 0 Å². The lowest BCUT2D eigenvalue weighted by Crippen LogP contribution is -2.13. The van der Waals surface area contributed by atoms with Crippen LogP contribution in [0.4, 0.5) is 14.6 Å². The molecule has 5 nitrogen and oxygen atoms in total. The third-order valence-corrected chi connectivity index (χ3v) is 1.85. The summed E-state index contributed by atoms with van der Waals surface area (Å²) in [5, 5.41) is 0. The Morgan fingerprint density at radius 1 is 1.29 bits per heavy atom. The van der Waals surface area contributed by atoms with E-state index in [4.69, 9.17) is 15.3 Å². The number of hydrogen-bond acceptors (Lipinski definition) is 5. The Bertz CT molecular complexity index is 364. The number of nitrogens with two attached hydrogens (primary N) is 1. The largest absolute Gasteiger partial charge is 0.473 e. The van der Waals surface area contributed by atoms with Crippen LogP contribution >= 0.6 is 0 Å². The van der Waals surface area contributed by atoms with Gasteiger partial charge in [-0.05, 0) is 6.42 Å². The van der Waals surface area contributed by atoms with Gasteiger partial charge in [0.1, 0.15) is 6.61 Å². The average molecular weight is 247 g/mol. The average Bonchev–Trinajstić information content (AvgIpc) is 2.31. The highest BCUT2D eigenvalue weighted by Gasteiger charge is 2.12. The number of aromatic nitrogens is 1. The van der Waals surface area contributed by atoms with Crippen LogP contribution in [0.15, 0.2) is 6.07 Å². The molecule has 0 unspecified atom stereocenters. The molecule has 17 heavy (non-hydrogen) atoms. The van der Waals surface area contributed by atoms with Crippen LogP contribution in [0.2, 0.25) is 0 Å². The Balaban J connectivity index is 2.52. The van der Waals surface area contributed by atoms with Crippen molar-refractivity contribution in [3.05, 3.63) is 17.7 Å². The van der Waals surface area contributed by atoms with E-state index in [0.29, 0.717) is 19.3 Å². The Morgan fingerprint density at radius 3 is 2.71 bits per heavy atom. The summed E-state index contributed by atoms with van der Waals surface area (Å²) in [6.45, 7) is 3.04. The minimum atomic E-state index is -0.878. The molecule has 0 spiro atoms. The summed E-state index contributed by atoms with van der Waals surface area (Å²) in [5.41, 5.74) is 2.01. The van der Waals surface area contributed by atoms with Crippen LogP contribution in [-0.2, 0) is 4.74 Å². The number of ether oxygens (including phenoxy) is 2. The molecule has 0 saturated carbocycles. The molecule has 0 amide bonds. The topological polar surface area (TPSA) is 69.4 Å². The van der Waals surface area contributed by atoms with E-state index in [1.807, 2.05) is 12.3 Å². The van der Waals surface area contributed by atoms with Gasteiger partial charge in [0.15, 0.2) is 17.5 Å². The summed E-state index contributed by atoms with van der Waals surface area (Å²) in [6.07, 6.45) is 0.893. The van der Waals surface area contributed by atoms with Gasteiger partial charge >= 0.3 is 0 Å². The van der Waals surface area contributed by atoms with Crippen LogP contribution < -0.4 is 16.0 Å². The van der Waals surface area contributed by atoms with E-state index in [1.54, 1.807) is 0 Å². The maximum atomic E-state index is 13.2. The Morgan fingerprint density at radius 2 is 2.06 bits per heavy atom. The molecule has 0 saturated heterocycles. The van der Waals surface area contributed by atoms with Crippen LogP contribution in [-0.4, -0.2) is 24.8 Å². The fraction of sp³-hybridized carbons (Fsp3) is 0.500. The maximum absolute atomic E-state index is 13.2. The second-order valence-electron chi connectivity index (χ2n) is 3.21. The summed E-state index contributed by atoms with van der Waals surface area (Å²) in [5.74, 6) is 2.68. The summed E-state index contributed by atoms with van der Waals surface area (Å²) >= 11 is 0. The summed E-state index contributed by atoms with van der Waals surface area (Å²) < 4.78 is 36.3. The molecule has 3 N–H and O–H groups in total. The zero-order valence-corrected chi connectivity index (χ0v) is 9.50. The van der Waals surface area contributed by atoms with Gasteiger partial charge in [-0.2, -0.15) is 4.98 Å². The lowest BCUT2D eigenvalue weighted by Gasteiger charge is -2.08. The van der Waals surface area contributed by atoms with Gasteiger partial charge < -0.3 is 14.9 Å². The minimum absolute atomic E-state index is 0.138. The van der Waals surface area contributed by atoms with Crippen LogP contribution in [0, 0.1) is 11.6 Å². The van der Waals surface area contributed by atoms with E-state index in [9.17, 15) is 8.78 Å². The highest BCUT2D eigenvalue weighted by atomic mass is 19.1. The van der Waals surface area contributed by atoms with Crippen LogP contribution in [0.3, 0.4) is 0 Å². The Hall–Kier alpha value is -1.47. The highest BCUT2D eigenvalue weighted by Crippen LogP contribution is 2.19. The molecule has 0 aromatic carbocycles. The fourth-order valence-electron chi connectivity index (χ4n) is 1.10. The van der Waals surface area contributed by atoms with Crippen molar-refractivity contribution >= 4 is 5.82 Å². The second kappa shape index (κ2) is 6.97. The third kappa shape index (κ3) is 4.12. The van der Waals surface area contributed by atoms with E-state index >= 15 is 0 Å². The van der Waals surface area contributed by atoms with Crippen molar-refractivity contribution in [3.63, 3.8) is 0 Å². The number of anilines is 1. The number of hydrazine groups is 1. The van der Waals surface area contributed by atoms with Crippen molar-refractivity contribution < 1.29 is 18.3 Å². The molecule has 1 rings (SSSR count). The number of rotatable bonds is 7. The van der Waals surface area contributed by atoms with Gasteiger partial charge in [-0.1, -0.05) is 6.92 Å². The van der Waals surface area contributed by atoms with Gasteiger partial charge in [-0.15, -0.1) is 0 Å². The number of nitrogens with zero attached hydrogens (tertiary/aromatic N) is 1. The predicted octanol–water partition coefficient (Wildman–Crippen LogP) is 1.45. The SMILES string of the molecule is CCCOCCOc1nc(NN)c(F)cc1F. The Labute approximate surface area is 97.9 Å². The summed E-state index contributed by atoms with van der Waals surface area (Å²) in [7, 11) is 0. The zero-order chi connectivity index (χ0) is 12.7. The molecule has 1 aromatic heterocycles. The van der Waals surface area contributed by atoms with Crippen LogP contribution in [0.1, 0.15) is 13.3 Å². The third-order valence-electron chi connectivity index (χ3n) is 1.85. The van der Waals surface area contributed by atoms with E-state index in [0.717, 1.165) is 6.42 Å². The summed E-state index contributed by atoms with van der Waals surface area (Å²) in [4.78, 5) is 3.54. The number of nitrogen functional groups attached to an aromatic ring is 1. The van der Waals surface area contributed by atoms with E-state index in [2.05, 4.69) is 4.98 Å². The van der Waals surface area contributed by atoms with Crippen LogP contribution in [0.5, 0.6) is 5.88 Å². The normalized spacial score (nSPS) is 10.4. The molecule has 0 aliphatic heterocycles.